The zero-order valence-electron chi connectivity index (χ0n) is 9.96. The molecule has 1 aromatic carbocycles. The maximum absolute atomic E-state index is 13.0. The molecular formula is C14H15BrClFO. The third-order valence-electron chi connectivity index (χ3n) is 4.38. The van der Waals surface area contributed by atoms with Crippen LogP contribution in [0.5, 0.6) is 5.75 Å². The van der Waals surface area contributed by atoms with Gasteiger partial charge >= 0.3 is 0 Å². The highest BCUT2D eigenvalue weighted by Gasteiger charge is 2.57. The monoisotopic (exact) mass is 332 g/mol. The van der Waals surface area contributed by atoms with Crippen molar-refractivity contribution < 1.29 is 9.13 Å². The predicted molar refractivity (Wildman–Crippen MR) is 73.7 cm³/mol. The zero-order valence-corrected chi connectivity index (χ0v) is 12.3. The van der Waals surface area contributed by atoms with Gasteiger partial charge in [0.25, 0.3) is 0 Å². The molecule has 2 atom stereocenters. The van der Waals surface area contributed by atoms with Crippen molar-refractivity contribution in [2.75, 3.05) is 0 Å². The second-order valence-corrected chi connectivity index (χ2v) is 6.71. The molecule has 2 aliphatic rings. The molecule has 18 heavy (non-hydrogen) atoms. The normalized spacial score (nSPS) is 29.3. The van der Waals surface area contributed by atoms with Crippen LogP contribution in [0.4, 0.5) is 4.39 Å². The molecule has 0 amide bonds. The first-order valence-corrected chi connectivity index (χ1v) is 7.60. The Morgan fingerprint density at radius 1 is 1.33 bits per heavy atom. The van der Waals surface area contributed by atoms with Crippen LogP contribution in [0.3, 0.4) is 0 Å². The molecule has 1 nitrogen and oxygen atoms in total. The lowest BCUT2D eigenvalue weighted by molar-refractivity contribution is -0.0360. The highest BCUT2D eigenvalue weighted by atomic mass is 79.9. The average Bonchev–Trinajstić information content (AvgIpc) is 2.83. The van der Waals surface area contributed by atoms with Crippen molar-refractivity contribution in [3.63, 3.8) is 0 Å². The molecule has 2 aliphatic carbocycles. The minimum Gasteiger partial charge on any atom is -0.489 e. The van der Waals surface area contributed by atoms with Gasteiger partial charge in [-0.05, 0) is 47.0 Å². The van der Waals surface area contributed by atoms with E-state index in [0.29, 0.717) is 4.47 Å². The molecule has 2 fully saturated rings. The number of hydrogen-bond donors (Lipinski definition) is 0. The summed E-state index contributed by atoms with van der Waals surface area (Å²) in [4.78, 5) is 0. The van der Waals surface area contributed by atoms with E-state index in [4.69, 9.17) is 16.3 Å². The molecule has 0 radical (unpaired) electrons. The van der Waals surface area contributed by atoms with E-state index >= 15 is 0 Å². The van der Waals surface area contributed by atoms with Crippen LogP contribution >= 0.6 is 27.5 Å². The first kappa shape index (κ1) is 12.7. The van der Waals surface area contributed by atoms with Crippen molar-refractivity contribution >= 4 is 27.5 Å². The Balaban J connectivity index is 1.77. The Morgan fingerprint density at radius 3 is 2.67 bits per heavy atom. The number of ether oxygens (including phenoxy) is 1. The largest absolute Gasteiger partial charge is 0.489 e. The summed E-state index contributed by atoms with van der Waals surface area (Å²) in [7, 11) is 0. The van der Waals surface area contributed by atoms with Gasteiger partial charge in [0.15, 0.2) is 0 Å². The molecule has 0 bridgehead atoms. The summed E-state index contributed by atoms with van der Waals surface area (Å²) in [6.45, 7) is 0. The smallest absolute Gasteiger partial charge is 0.134 e. The van der Waals surface area contributed by atoms with Crippen LogP contribution < -0.4 is 4.74 Å². The van der Waals surface area contributed by atoms with Crippen LogP contribution in [0.15, 0.2) is 22.7 Å². The van der Waals surface area contributed by atoms with Gasteiger partial charge in [-0.15, -0.1) is 11.6 Å². The minimum absolute atomic E-state index is 0.162. The lowest BCUT2D eigenvalue weighted by Crippen LogP contribution is -2.55. The predicted octanol–water partition coefficient (Wildman–Crippen LogP) is 4.91. The van der Waals surface area contributed by atoms with Gasteiger partial charge in [0.2, 0.25) is 0 Å². The van der Waals surface area contributed by atoms with Crippen LogP contribution in [0.25, 0.3) is 0 Å². The lowest BCUT2D eigenvalue weighted by atomic mass is 9.64. The number of hydrogen-bond acceptors (Lipinski definition) is 1. The first-order chi connectivity index (χ1) is 8.62. The van der Waals surface area contributed by atoms with Crippen molar-refractivity contribution in [1.29, 1.82) is 0 Å². The van der Waals surface area contributed by atoms with Gasteiger partial charge in [-0.2, -0.15) is 0 Å². The zero-order chi connectivity index (χ0) is 12.8. The van der Waals surface area contributed by atoms with Gasteiger partial charge in [-0.3, -0.25) is 0 Å². The van der Waals surface area contributed by atoms with E-state index in [1.807, 2.05) is 0 Å². The van der Waals surface area contributed by atoms with E-state index in [1.165, 1.54) is 25.0 Å². The van der Waals surface area contributed by atoms with Crippen molar-refractivity contribution in [3.05, 3.63) is 28.5 Å². The molecule has 1 spiro atoms. The fraction of sp³-hybridized carbons (Fsp3) is 0.571. The summed E-state index contributed by atoms with van der Waals surface area (Å²) in [6.07, 6.45) is 5.88. The maximum Gasteiger partial charge on any atom is 0.134 e. The molecule has 2 saturated carbocycles. The molecule has 0 heterocycles. The fourth-order valence-corrected chi connectivity index (χ4v) is 4.22. The highest BCUT2D eigenvalue weighted by molar-refractivity contribution is 9.10. The molecule has 0 N–H and O–H groups in total. The molecule has 0 saturated heterocycles. The molecule has 1 aromatic rings. The summed E-state index contributed by atoms with van der Waals surface area (Å²) in [6, 6.07) is 4.55. The Morgan fingerprint density at radius 2 is 2.06 bits per heavy atom. The van der Waals surface area contributed by atoms with Crippen LogP contribution in [0, 0.1) is 11.2 Å². The maximum atomic E-state index is 13.0. The van der Waals surface area contributed by atoms with Gasteiger partial charge < -0.3 is 4.74 Å². The molecule has 0 aromatic heterocycles. The van der Waals surface area contributed by atoms with Gasteiger partial charge in [0.1, 0.15) is 17.7 Å². The molecule has 98 valence electrons. The summed E-state index contributed by atoms with van der Waals surface area (Å²) >= 11 is 9.73. The molecule has 2 unspecified atom stereocenters. The van der Waals surface area contributed by atoms with E-state index in [0.717, 1.165) is 25.0 Å². The standard InChI is InChI=1S/C14H15BrClFO/c15-10-7-9(17)3-4-11(10)18-13-8-12(16)14(13)5-1-2-6-14/h3-4,7,12-13H,1-2,5-6,8H2. The van der Waals surface area contributed by atoms with Crippen molar-refractivity contribution in [2.24, 2.45) is 5.41 Å². The lowest BCUT2D eigenvalue weighted by Gasteiger charge is -2.51. The summed E-state index contributed by atoms with van der Waals surface area (Å²) in [5.74, 6) is 0.463. The second kappa shape index (κ2) is 4.68. The van der Waals surface area contributed by atoms with Crippen LogP contribution in [-0.2, 0) is 0 Å². The van der Waals surface area contributed by atoms with Gasteiger partial charge in [-0.25, -0.2) is 4.39 Å². The van der Waals surface area contributed by atoms with Crippen molar-refractivity contribution in [3.8, 4) is 5.75 Å². The van der Waals surface area contributed by atoms with Gasteiger partial charge in [0.05, 0.1) is 4.47 Å². The first-order valence-electron chi connectivity index (χ1n) is 6.37. The number of benzene rings is 1. The van der Waals surface area contributed by atoms with E-state index in [1.54, 1.807) is 6.07 Å². The van der Waals surface area contributed by atoms with Crippen molar-refractivity contribution in [2.45, 2.75) is 43.6 Å². The van der Waals surface area contributed by atoms with Crippen LogP contribution in [0.2, 0.25) is 0 Å². The summed E-state index contributed by atoms with van der Waals surface area (Å²) < 4.78 is 19.8. The third kappa shape index (κ3) is 1.96. The van der Waals surface area contributed by atoms with E-state index < -0.39 is 0 Å². The van der Waals surface area contributed by atoms with E-state index in [9.17, 15) is 4.39 Å². The van der Waals surface area contributed by atoms with Gasteiger partial charge in [0, 0.05) is 17.2 Å². The van der Waals surface area contributed by atoms with Crippen LogP contribution in [0.1, 0.15) is 32.1 Å². The van der Waals surface area contributed by atoms with E-state index in [-0.39, 0.29) is 22.7 Å². The molecule has 3 rings (SSSR count). The fourth-order valence-electron chi connectivity index (χ4n) is 3.26. The second-order valence-electron chi connectivity index (χ2n) is 5.32. The van der Waals surface area contributed by atoms with E-state index in [2.05, 4.69) is 15.9 Å². The Bertz CT molecular complexity index is 459. The van der Waals surface area contributed by atoms with Gasteiger partial charge in [-0.1, -0.05) is 12.8 Å². The Kier molecular flexibility index (Phi) is 3.31. The van der Waals surface area contributed by atoms with Crippen LogP contribution in [-0.4, -0.2) is 11.5 Å². The third-order valence-corrected chi connectivity index (χ3v) is 5.62. The topological polar surface area (TPSA) is 9.23 Å². The molecule has 0 aliphatic heterocycles. The molecule has 4 heteroatoms. The summed E-state index contributed by atoms with van der Waals surface area (Å²) in [5, 5.41) is 0.240. The number of alkyl halides is 1. The SMILES string of the molecule is Fc1ccc(OC2CC(Cl)C23CCCC3)c(Br)c1. The summed E-state index contributed by atoms with van der Waals surface area (Å²) in [5.41, 5.74) is 0.162. The van der Waals surface area contributed by atoms with Crippen molar-refractivity contribution in [1.82, 2.24) is 0 Å². The average molecular weight is 334 g/mol. The number of halogens is 3. The molecular weight excluding hydrogens is 319 g/mol. The minimum atomic E-state index is -0.256. The highest BCUT2D eigenvalue weighted by Crippen LogP contribution is 2.57. The quantitative estimate of drug-likeness (QED) is 0.699. The Labute approximate surface area is 120 Å². The Hall–Kier alpha value is -0.280. The number of rotatable bonds is 2.